The molecule has 0 saturated heterocycles. The Morgan fingerprint density at radius 1 is 1.40 bits per heavy atom. The van der Waals surface area contributed by atoms with Crippen molar-refractivity contribution in [3.8, 4) is 0 Å². The molecular weight excluding hydrogens is 284 g/mol. The van der Waals surface area contributed by atoms with Crippen molar-refractivity contribution in [2.24, 2.45) is 0 Å². The van der Waals surface area contributed by atoms with Crippen LogP contribution in [-0.2, 0) is 4.79 Å². The van der Waals surface area contributed by atoms with Crippen molar-refractivity contribution in [2.45, 2.75) is 12.5 Å². The first-order valence-electron chi connectivity index (χ1n) is 5.72. The fourth-order valence-electron chi connectivity index (χ4n) is 1.47. The Labute approximate surface area is 119 Å². The number of thioether (sulfide) groups is 1. The van der Waals surface area contributed by atoms with Crippen LogP contribution in [0.1, 0.15) is 16.8 Å². The number of hydrogen-bond donors (Lipinski definition) is 2. The van der Waals surface area contributed by atoms with E-state index in [1.807, 2.05) is 6.26 Å². The summed E-state index contributed by atoms with van der Waals surface area (Å²) in [4.78, 5) is 32.8. The number of amides is 1. The van der Waals surface area contributed by atoms with E-state index in [1.165, 1.54) is 36.0 Å². The molecule has 0 spiro atoms. The molecule has 1 aromatic rings. The first-order valence-corrected chi connectivity index (χ1v) is 7.12. The molecule has 108 valence electrons. The maximum absolute atomic E-state index is 11.9. The number of rotatable bonds is 7. The Hall–Kier alpha value is -2.09. The van der Waals surface area contributed by atoms with Crippen LogP contribution >= 0.6 is 11.8 Å². The molecule has 2 N–H and O–H groups in total. The second-order valence-electron chi connectivity index (χ2n) is 3.95. The maximum Gasteiger partial charge on any atom is 0.326 e. The largest absolute Gasteiger partial charge is 0.480 e. The molecule has 0 fully saturated rings. The summed E-state index contributed by atoms with van der Waals surface area (Å²) >= 11 is 1.49. The lowest BCUT2D eigenvalue weighted by Crippen LogP contribution is -2.41. The average Bonchev–Trinajstić information content (AvgIpc) is 2.42. The van der Waals surface area contributed by atoms with E-state index in [9.17, 15) is 19.7 Å². The number of carboxylic acid groups (broad SMARTS) is 1. The number of nitrogens with one attached hydrogen (secondary N) is 1. The van der Waals surface area contributed by atoms with E-state index in [0.717, 1.165) is 0 Å². The molecule has 0 heterocycles. The summed E-state index contributed by atoms with van der Waals surface area (Å²) in [7, 11) is 0. The second kappa shape index (κ2) is 7.49. The molecule has 0 bridgehead atoms. The number of carbonyl (C=O) groups excluding carboxylic acids is 1. The Balaban J connectivity index is 2.73. The quantitative estimate of drug-likeness (QED) is 0.583. The third-order valence-corrected chi connectivity index (χ3v) is 3.20. The SMILES string of the molecule is CSCC[C@@H](NC(=O)c1ccc([N+](=O)[O-])cc1)C(=O)O. The van der Waals surface area contributed by atoms with Crippen LogP contribution in [0.5, 0.6) is 0 Å². The minimum absolute atomic E-state index is 0.126. The second-order valence-corrected chi connectivity index (χ2v) is 4.94. The first kappa shape index (κ1) is 16.0. The van der Waals surface area contributed by atoms with Gasteiger partial charge in [-0.2, -0.15) is 11.8 Å². The Bertz CT molecular complexity index is 503. The predicted octanol–water partition coefficient (Wildman–Crippen LogP) is 1.53. The molecule has 0 aliphatic rings. The summed E-state index contributed by atoms with van der Waals surface area (Å²) in [6.45, 7) is 0. The van der Waals surface area contributed by atoms with Crippen LogP contribution in [0.25, 0.3) is 0 Å². The smallest absolute Gasteiger partial charge is 0.326 e. The molecule has 0 unspecified atom stereocenters. The van der Waals surface area contributed by atoms with Gasteiger partial charge in [-0.15, -0.1) is 0 Å². The molecule has 1 amide bonds. The Morgan fingerprint density at radius 3 is 2.45 bits per heavy atom. The number of nitrogens with zero attached hydrogens (tertiary/aromatic N) is 1. The average molecular weight is 298 g/mol. The van der Waals surface area contributed by atoms with Crippen LogP contribution in [0, 0.1) is 10.1 Å². The van der Waals surface area contributed by atoms with Gasteiger partial charge in [0.2, 0.25) is 0 Å². The predicted molar refractivity (Wildman–Crippen MR) is 75.0 cm³/mol. The highest BCUT2D eigenvalue weighted by atomic mass is 32.2. The summed E-state index contributed by atoms with van der Waals surface area (Å²) < 4.78 is 0. The number of hydrogen-bond acceptors (Lipinski definition) is 5. The van der Waals surface area contributed by atoms with E-state index in [4.69, 9.17) is 5.11 Å². The summed E-state index contributed by atoms with van der Waals surface area (Å²) in [5, 5.41) is 21.9. The standard InChI is InChI=1S/C12H14N2O5S/c1-20-7-6-10(12(16)17)13-11(15)8-2-4-9(5-3-8)14(18)19/h2-5,10H,6-7H2,1H3,(H,13,15)(H,16,17)/t10-/m1/s1. The highest BCUT2D eigenvalue weighted by molar-refractivity contribution is 7.98. The zero-order valence-electron chi connectivity index (χ0n) is 10.7. The number of carboxylic acids is 1. The zero-order chi connectivity index (χ0) is 15.1. The maximum atomic E-state index is 11.9. The fraction of sp³-hybridized carbons (Fsp3) is 0.333. The molecule has 8 heteroatoms. The van der Waals surface area contributed by atoms with Crippen molar-refractivity contribution >= 4 is 29.3 Å². The van der Waals surface area contributed by atoms with Crippen LogP contribution in [0.4, 0.5) is 5.69 Å². The van der Waals surface area contributed by atoms with Crippen molar-refractivity contribution in [3.63, 3.8) is 0 Å². The number of non-ortho nitro benzene ring substituents is 1. The molecule has 20 heavy (non-hydrogen) atoms. The summed E-state index contributed by atoms with van der Waals surface area (Å²) in [6.07, 6.45) is 2.16. The lowest BCUT2D eigenvalue weighted by Gasteiger charge is -2.13. The molecule has 1 rings (SSSR count). The number of carbonyl (C=O) groups is 2. The number of nitro groups is 1. The van der Waals surface area contributed by atoms with Crippen molar-refractivity contribution in [1.82, 2.24) is 5.32 Å². The Morgan fingerprint density at radius 2 is 2.00 bits per heavy atom. The van der Waals surface area contributed by atoms with Gasteiger partial charge in [0.1, 0.15) is 6.04 Å². The van der Waals surface area contributed by atoms with Crippen molar-refractivity contribution in [1.29, 1.82) is 0 Å². The van der Waals surface area contributed by atoms with Crippen molar-refractivity contribution < 1.29 is 19.6 Å². The van der Waals surface area contributed by atoms with Gasteiger partial charge in [-0.25, -0.2) is 4.79 Å². The van der Waals surface area contributed by atoms with Crippen LogP contribution < -0.4 is 5.32 Å². The van der Waals surface area contributed by atoms with Gasteiger partial charge in [0, 0.05) is 17.7 Å². The van der Waals surface area contributed by atoms with Gasteiger partial charge in [-0.3, -0.25) is 14.9 Å². The fourth-order valence-corrected chi connectivity index (χ4v) is 1.94. The third-order valence-electron chi connectivity index (χ3n) is 2.55. The van der Waals surface area contributed by atoms with E-state index < -0.39 is 22.8 Å². The molecule has 0 aliphatic heterocycles. The van der Waals surface area contributed by atoms with Crippen LogP contribution in [0.2, 0.25) is 0 Å². The number of aliphatic carboxylic acids is 1. The molecule has 0 saturated carbocycles. The highest BCUT2D eigenvalue weighted by Crippen LogP contribution is 2.12. The zero-order valence-corrected chi connectivity index (χ0v) is 11.6. The summed E-state index contributed by atoms with van der Waals surface area (Å²) in [5.41, 5.74) is 0.0599. The van der Waals surface area contributed by atoms with E-state index in [1.54, 1.807) is 0 Å². The van der Waals surface area contributed by atoms with Gasteiger partial charge < -0.3 is 10.4 Å². The summed E-state index contributed by atoms with van der Waals surface area (Å²) in [5.74, 6) is -1.06. The molecule has 0 aromatic heterocycles. The monoisotopic (exact) mass is 298 g/mol. The minimum atomic E-state index is -1.10. The van der Waals surface area contributed by atoms with Gasteiger partial charge in [-0.1, -0.05) is 0 Å². The Kier molecular flexibility index (Phi) is 5.98. The van der Waals surface area contributed by atoms with Crippen LogP contribution in [-0.4, -0.2) is 40.0 Å². The number of nitro benzene ring substituents is 1. The van der Waals surface area contributed by atoms with E-state index in [-0.39, 0.29) is 11.3 Å². The normalized spacial score (nSPS) is 11.7. The third kappa shape index (κ3) is 4.54. The van der Waals surface area contributed by atoms with Gasteiger partial charge >= 0.3 is 5.97 Å². The molecular formula is C12H14N2O5S. The van der Waals surface area contributed by atoms with Crippen LogP contribution in [0.3, 0.4) is 0 Å². The van der Waals surface area contributed by atoms with Gasteiger partial charge in [0.05, 0.1) is 4.92 Å². The lowest BCUT2D eigenvalue weighted by molar-refractivity contribution is -0.384. The van der Waals surface area contributed by atoms with Crippen LogP contribution in [0.15, 0.2) is 24.3 Å². The first-order chi connectivity index (χ1) is 9.45. The molecule has 0 aliphatic carbocycles. The van der Waals surface area contributed by atoms with E-state index >= 15 is 0 Å². The number of benzene rings is 1. The van der Waals surface area contributed by atoms with Gasteiger partial charge in [0.25, 0.3) is 11.6 Å². The van der Waals surface area contributed by atoms with E-state index in [0.29, 0.717) is 12.2 Å². The lowest BCUT2D eigenvalue weighted by atomic mass is 10.1. The van der Waals surface area contributed by atoms with E-state index in [2.05, 4.69) is 5.32 Å². The molecule has 1 aromatic carbocycles. The van der Waals surface area contributed by atoms with Crippen molar-refractivity contribution in [2.75, 3.05) is 12.0 Å². The molecule has 7 nitrogen and oxygen atoms in total. The van der Waals surface area contributed by atoms with Gasteiger partial charge in [-0.05, 0) is 30.6 Å². The minimum Gasteiger partial charge on any atom is -0.480 e. The molecule has 1 atom stereocenters. The highest BCUT2D eigenvalue weighted by Gasteiger charge is 2.20. The summed E-state index contributed by atoms with van der Waals surface area (Å²) in [6, 6.07) is 4.02. The van der Waals surface area contributed by atoms with Gasteiger partial charge in [0.15, 0.2) is 0 Å². The molecule has 0 radical (unpaired) electrons. The topological polar surface area (TPSA) is 110 Å². The van der Waals surface area contributed by atoms with Crippen molar-refractivity contribution in [3.05, 3.63) is 39.9 Å².